The number of rotatable bonds is 3. The lowest BCUT2D eigenvalue weighted by Gasteiger charge is -2.19. The number of benzene rings is 1. The second kappa shape index (κ2) is 5.29. The van der Waals surface area contributed by atoms with E-state index in [1.807, 2.05) is 0 Å². The van der Waals surface area contributed by atoms with Crippen molar-refractivity contribution in [1.82, 2.24) is 5.32 Å². The maximum absolute atomic E-state index is 6.13. The third-order valence-electron chi connectivity index (χ3n) is 3.30. The highest BCUT2D eigenvalue weighted by atomic mass is 79.9. The van der Waals surface area contributed by atoms with Gasteiger partial charge in [0.15, 0.2) is 0 Å². The molecule has 2 rings (SSSR count). The summed E-state index contributed by atoms with van der Waals surface area (Å²) in [6, 6.07) is 4.27. The van der Waals surface area contributed by atoms with Gasteiger partial charge in [-0.3, -0.25) is 0 Å². The van der Waals surface area contributed by atoms with Gasteiger partial charge in [-0.25, -0.2) is 0 Å². The van der Waals surface area contributed by atoms with E-state index < -0.39 is 0 Å². The van der Waals surface area contributed by atoms with E-state index in [0.29, 0.717) is 0 Å². The summed E-state index contributed by atoms with van der Waals surface area (Å²) in [6.07, 6.45) is 0. The molecule has 2 aromatic rings. The zero-order chi connectivity index (χ0) is 14.2. The topological polar surface area (TPSA) is 25.2 Å². The van der Waals surface area contributed by atoms with Crippen molar-refractivity contribution in [2.24, 2.45) is 0 Å². The van der Waals surface area contributed by atoms with Crippen LogP contribution in [0.25, 0.3) is 11.0 Å². The highest BCUT2D eigenvalue weighted by Gasteiger charge is 2.25. The zero-order valence-corrected chi connectivity index (χ0v) is 13.9. The SMILES string of the molecule is CCNCc1oc2c(C)cc(Br)cc2c1C(C)(C)C. The van der Waals surface area contributed by atoms with Gasteiger partial charge >= 0.3 is 0 Å². The van der Waals surface area contributed by atoms with Crippen LogP contribution < -0.4 is 5.32 Å². The van der Waals surface area contributed by atoms with E-state index in [0.717, 1.165) is 28.9 Å². The number of nitrogens with one attached hydrogen (secondary N) is 1. The highest BCUT2D eigenvalue weighted by Crippen LogP contribution is 2.38. The average Bonchev–Trinajstić information content (AvgIpc) is 2.64. The molecule has 0 saturated carbocycles. The van der Waals surface area contributed by atoms with Crippen LogP contribution in [0.1, 0.15) is 44.6 Å². The van der Waals surface area contributed by atoms with Gasteiger partial charge in [-0.2, -0.15) is 0 Å². The molecule has 1 heterocycles. The van der Waals surface area contributed by atoms with Crippen molar-refractivity contribution < 1.29 is 4.42 Å². The van der Waals surface area contributed by atoms with Gasteiger partial charge < -0.3 is 9.73 Å². The molecule has 0 atom stereocenters. The fraction of sp³-hybridized carbons (Fsp3) is 0.500. The summed E-state index contributed by atoms with van der Waals surface area (Å²) in [5, 5.41) is 4.60. The summed E-state index contributed by atoms with van der Waals surface area (Å²) in [6.45, 7) is 12.7. The number of hydrogen-bond acceptors (Lipinski definition) is 2. The van der Waals surface area contributed by atoms with Gasteiger partial charge in [-0.05, 0) is 36.6 Å². The lowest BCUT2D eigenvalue weighted by Crippen LogP contribution is -2.18. The predicted molar refractivity (Wildman–Crippen MR) is 84.7 cm³/mol. The Morgan fingerprint density at radius 2 is 1.95 bits per heavy atom. The molecule has 1 aromatic heterocycles. The standard InChI is InChI=1S/C16H22BrNO/c1-6-18-9-13-14(16(3,4)5)12-8-11(17)7-10(2)15(12)19-13/h7-8,18H,6,9H2,1-5H3. The molecule has 0 unspecified atom stereocenters. The molecule has 19 heavy (non-hydrogen) atoms. The van der Waals surface area contributed by atoms with Crippen LogP contribution in [-0.2, 0) is 12.0 Å². The molecule has 0 radical (unpaired) electrons. The van der Waals surface area contributed by atoms with Crippen LogP contribution in [0.3, 0.4) is 0 Å². The highest BCUT2D eigenvalue weighted by molar-refractivity contribution is 9.10. The van der Waals surface area contributed by atoms with Gasteiger partial charge in [-0.15, -0.1) is 0 Å². The molecule has 0 spiro atoms. The van der Waals surface area contributed by atoms with Gasteiger partial charge in [0, 0.05) is 15.4 Å². The fourth-order valence-electron chi connectivity index (χ4n) is 2.56. The minimum atomic E-state index is 0.0727. The zero-order valence-electron chi connectivity index (χ0n) is 12.4. The minimum Gasteiger partial charge on any atom is -0.459 e. The molecule has 1 aromatic carbocycles. The van der Waals surface area contributed by atoms with E-state index in [1.54, 1.807) is 0 Å². The van der Waals surface area contributed by atoms with Crippen LogP contribution in [0.4, 0.5) is 0 Å². The van der Waals surface area contributed by atoms with Crippen LogP contribution in [0.15, 0.2) is 21.0 Å². The molecule has 0 fully saturated rings. The quantitative estimate of drug-likeness (QED) is 0.868. The summed E-state index contributed by atoms with van der Waals surface area (Å²) >= 11 is 3.59. The lowest BCUT2D eigenvalue weighted by molar-refractivity contribution is 0.486. The number of furan rings is 1. The Bertz CT molecular complexity index is 593. The number of halogens is 1. The van der Waals surface area contributed by atoms with E-state index in [1.165, 1.54) is 16.5 Å². The smallest absolute Gasteiger partial charge is 0.137 e. The Labute approximate surface area is 123 Å². The van der Waals surface area contributed by atoms with E-state index in [4.69, 9.17) is 4.42 Å². The van der Waals surface area contributed by atoms with Gasteiger partial charge in [0.05, 0.1) is 6.54 Å². The second-order valence-electron chi connectivity index (χ2n) is 6.03. The summed E-state index contributed by atoms with van der Waals surface area (Å²) in [7, 11) is 0. The molecule has 0 amide bonds. The lowest BCUT2D eigenvalue weighted by atomic mass is 9.84. The second-order valence-corrected chi connectivity index (χ2v) is 6.95. The Morgan fingerprint density at radius 1 is 1.26 bits per heavy atom. The normalized spacial score (nSPS) is 12.3. The van der Waals surface area contributed by atoms with E-state index >= 15 is 0 Å². The van der Waals surface area contributed by atoms with Crippen LogP contribution in [-0.4, -0.2) is 6.54 Å². The first-order valence-corrected chi connectivity index (χ1v) is 7.56. The first-order chi connectivity index (χ1) is 8.84. The monoisotopic (exact) mass is 323 g/mol. The van der Waals surface area contributed by atoms with Crippen molar-refractivity contribution in [1.29, 1.82) is 0 Å². The summed E-state index contributed by atoms with van der Waals surface area (Å²) in [5.41, 5.74) is 3.58. The van der Waals surface area contributed by atoms with Crippen LogP contribution in [0.2, 0.25) is 0 Å². The third-order valence-corrected chi connectivity index (χ3v) is 3.76. The largest absolute Gasteiger partial charge is 0.459 e. The van der Waals surface area contributed by atoms with E-state index in [-0.39, 0.29) is 5.41 Å². The Kier molecular flexibility index (Phi) is 4.07. The molecular weight excluding hydrogens is 302 g/mol. The van der Waals surface area contributed by atoms with Crippen molar-refractivity contribution in [3.8, 4) is 0 Å². The molecule has 0 bridgehead atoms. The number of fused-ring (bicyclic) bond motifs is 1. The molecule has 0 aliphatic carbocycles. The summed E-state index contributed by atoms with van der Waals surface area (Å²) < 4.78 is 7.24. The Morgan fingerprint density at radius 3 is 2.53 bits per heavy atom. The van der Waals surface area contributed by atoms with E-state index in [2.05, 4.69) is 68.0 Å². The fourth-order valence-corrected chi connectivity index (χ4v) is 3.13. The first-order valence-electron chi connectivity index (χ1n) is 6.77. The molecule has 0 aliphatic heterocycles. The molecule has 1 N–H and O–H groups in total. The average molecular weight is 324 g/mol. The Hall–Kier alpha value is -0.800. The number of aryl methyl sites for hydroxylation is 1. The van der Waals surface area contributed by atoms with E-state index in [9.17, 15) is 0 Å². The molecule has 0 saturated heterocycles. The van der Waals surface area contributed by atoms with Crippen molar-refractivity contribution in [2.45, 2.75) is 46.6 Å². The minimum absolute atomic E-state index is 0.0727. The van der Waals surface area contributed by atoms with Gasteiger partial charge in [0.2, 0.25) is 0 Å². The number of hydrogen-bond donors (Lipinski definition) is 1. The van der Waals surface area contributed by atoms with Crippen LogP contribution in [0.5, 0.6) is 0 Å². The van der Waals surface area contributed by atoms with Crippen molar-refractivity contribution in [3.05, 3.63) is 33.5 Å². The predicted octanol–water partition coefficient (Wildman–Crippen LogP) is 4.91. The van der Waals surface area contributed by atoms with Crippen LogP contribution >= 0.6 is 15.9 Å². The van der Waals surface area contributed by atoms with Crippen molar-refractivity contribution in [3.63, 3.8) is 0 Å². The molecule has 0 aliphatic rings. The van der Waals surface area contributed by atoms with Crippen molar-refractivity contribution in [2.75, 3.05) is 6.54 Å². The Balaban J connectivity index is 2.70. The summed E-state index contributed by atoms with van der Waals surface area (Å²) in [4.78, 5) is 0. The molecule has 2 nitrogen and oxygen atoms in total. The molecular formula is C16H22BrNO. The van der Waals surface area contributed by atoms with Crippen molar-refractivity contribution >= 4 is 26.9 Å². The molecule has 104 valence electrons. The van der Waals surface area contributed by atoms with Gasteiger partial charge in [-0.1, -0.05) is 43.6 Å². The molecule has 3 heteroatoms. The first kappa shape index (κ1) is 14.6. The summed E-state index contributed by atoms with van der Waals surface area (Å²) in [5.74, 6) is 1.06. The maximum Gasteiger partial charge on any atom is 0.137 e. The third kappa shape index (κ3) is 2.87. The maximum atomic E-state index is 6.13. The van der Waals surface area contributed by atoms with Gasteiger partial charge in [0.25, 0.3) is 0 Å². The van der Waals surface area contributed by atoms with Gasteiger partial charge in [0.1, 0.15) is 11.3 Å². The van der Waals surface area contributed by atoms with Crippen LogP contribution in [0, 0.1) is 6.92 Å².